The molecule has 0 radical (unpaired) electrons. The largest absolute Gasteiger partial charge is 0.405 e. The van der Waals surface area contributed by atoms with Crippen molar-refractivity contribution in [3.05, 3.63) is 41.8 Å². The fourth-order valence-electron chi connectivity index (χ4n) is 1.44. The Morgan fingerprint density at radius 3 is 2.58 bits per heavy atom. The lowest BCUT2D eigenvalue weighted by Gasteiger charge is -2.15. The first-order valence-electron chi connectivity index (χ1n) is 5.96. The summed E-state index contributed by atoms with van der Waals surface area (Å²) in [4.78, 5) is 0. The second-order valence-corrected chi connectivity index (χ2v) is 4.38. The van der Waals surface area contributed by atoms with E-state index in [0.29, 0.717) is 19.0 Å². The smallest absolute Gasteiger partial charge is 0.315 e. The highest BCUT2D eigenvalue weighted by Gasteiger charge is 2.27. The van der Waals surface area contributed by atoms with E-state index in [9.17, 15) is 5.11 Å². The summed E-state index contributed by atoms with van der Waals surface area (Å²) in [7, 11) is 0. The van der Waals surface area contributed by atoms with Crippen LogP contribution in [0.3, 0.4) is 0 Å². The molecule has 5 nitrogen and oxygen atoms in total. The van der Waals surface area contributed by atoms with E-state index in [1.807, 2.05) is 37.3 Å². The van der Waals surface area contributed by atoms with Gasteiger partial charge in [-0.05, 0) is 18.9 Å². The summed E-state index contributed by atoms with van der Waals surface area (Å²) in [5.41, 5.74) is 0.0548. The van der Waals surface area contributed by atoms with Gasteiger partial charge in [-0.25, -0.2) is 0 Å². The van der Waals surface area contributed by atoms with E-state index in [1.165, 1.54) is 0 Å². The Kier molecular flexibility index (Phi) is 5.32. The zero-order valence-electron chi connectivity index (χ0n) is 11.0. The van der Waals surface area contributed by atoms with Crippen LogP contribution in [0.15, 0.2) is 34.7 Å². The average Bonchev–Trinajstić information content (AvgIpc) is 2.87. The Morgan fingerprint density at radius 2 is 1.95 bits per heavy atom. The molecule has 2 rings (SSSR count). The second kappa shape index (κ2) is 6.54. The lowest BCUT2D eigenvalue weighted by molar-refractivity contribution is 0.0252. The predicted octanol–water partition coefficient (Wildman–Crippen LogP) is 2.72. The van der Waals surface area contributed by atoms with E-state index in [1.54, 1.807) is 6.92 Å². The molecule has 1 aromatic heterocycles. The predicted molar refractivity (Wildman–Crippen MR) is 75.2 cm³/mol. The van der Waals surface area contributed by atoms with Crippen LogP contribution in [0.1, 0.15) is 31.7 Å². The highest BCUT2D eigenvalue weighted by atomic mass is 35.5. The maximum atomic E-state index is 9.97. The molecule has 0 amide bonds. The number of nitrogens with zero attached hydrogens (tertiary/aromatic N) is 2. The number of rotatable bonds is 5. The summed E-state index contributed by atoms with van der Waals surface area (Å²) in [5, 5.41) is 20.7. The molecule has 2 aromatic rings. The molecule has 1 aromatic carbocycles. The maximum Gasteiger partial charge on any atom is 0.315 e. The summed E-state index contributed by atoms with van der Waals surface area (Å²) in [6.07, 6.45) is 0.521. The fourth-order valence-corrected chi connectivity index (χ4v) is 1.44. The molecule has 0 saturated heterocycles. The highest BCUT2D eigenvalue weighted by molar-refractivity contribution is 5.85. The quantitative estimate of drug-likeness (QED) is 0.883. The molecule has 0 spiro atoms. The molecule has 0 saturated carbocycles. The van der Waals surface area contributed by atoms with Crippen LogP contribution < -0.4 is 5.32 Å². The Bertz CT molecular complexity index is 500. The van der Waals surface area contributed by atoms with Crippen molar-refractivity contribution in [1.82, 2.24) is 10.2 Å². The van der Waals surface area contributed by atoms with Crippen molar-refractivity contribution in [1.29, 1.82) is 0 Å². The number of benzene rings is 1. The van der Waals surface area contributed by atoms with Gasteiger partial charge >= 0.3 is 6.01 Å². The summed E-state index contributed by atoms with van der Waals surface area (Å²) >= 11 is 0. The molecule has 0 aliphatic carbocycles. The van der Waals surface area contributed by atoms with Crippen molar-refractivity contribution < 1.29 is 9.52 Å². The second-order valence-electron chi connectivity index (χ2n) is 4.38. The van der Waals surface area contributed by atoms with Crippen LogP contribution in [-0.2, 0) is 12.1 Å². The van der Waals surface area contributed by atoms with Gasteiger partial charge in [0.25, 0.3) is 0 Å². The van der Waals surface area contributed by atoms with E-state index in [-0.39, 0.29) is 18.3 Å². The Balaban J connectivity index is 0.00000180. The molecule has 1 atom stereocenters. The van der Waals surface area contributed by atoms with E-state index in [2.05, 4.69) is 15.5 Å². The van der Waals surface area contributed by atoms with Crippen LogP contribution in [0.5, 0.6) is 0 Å². The molecule has 104 valence electrons. The van der Waals surface area contributed by atoms with Crippen molar-refractivity contribution >= 4 is 18.4 Å². The van der Waals surface area contributed by atoms with E-state index < -0.39 is 5.60 Å². The maximum absolute atomic E-state index is 9.97. The summed E-state index contributed by atoms with van der Waals surface area (Å²) in [5.74, 6) is 0.237. The zero-order valence-corrected chi connectivity index (χ0v) is 11.8. The minimum absolute atomic E-state index is 0. The van der Waals surface area contributed by atoms with Crippen LogP contribution in [0.2, 0.25) is 0 Å². The van der Waals surface area contributed by atoms with E-state index >= 15 is 0 Å². The van der Waals surface area contributed by atoms with Gasteiger partial charge in [0.1, 0.15) is 5.60 Å². The number of hydrogen-bond acceptors (Lipinski definition) is 5. The third kappa shape index (κ3) is 3.94. The Labute approximate surface area is 118 Å². The standard InChI is InChI=1S/C13H17N3O2.ClH/c1-3-13(2,17)11-15-16-12(18-11)14-9-10-7-5-4-6-8-10;/h4-8,17H,3,9H2,1-2H3,(H,14,16);1H. The van der Waals surface area contributed by atoms with Gasteiger partial charge in [-0.3, -0.25) is 0 Å². The monoisotopic (exact) mass is 283 g/mol. The summed E-state index contributed by atoms with van der Waals surface area (Å²) < 4.78 is 5.38. The lowest BCUT2D eigenvalue weighted by atomic mass is 10.0. The van der Waals surface area contributed by atoms with Gasteiger partial charge in [0.2, 0.25) is 5.89 Å². The van der Waals surface area contributed by atoms with Crippen molar-refractivity contribution in [3.63, 3.8) is 0 Å². The number of aromatic nitrogens is 2. The van der Waals surface area contributed by atoms with Gasteiger partial charge in [0.15, 0.2) is 0 Å². The van der Waals surface area contributed by atoms with Gasteiger partial charge in [-0.1, -0.05) is 42.4 Å². The number of halogens is 1. The first kappa shape index (κ1) is 15.5. The fraction of sp³-hybridized carbons (Fsp3) is 0.385. The van der Waals surface area contributed by atoms with Crippen molar-refractivity contribution in [3.8, 4) is 0 Å². The van der Waals surface area contributed by atoms with Gasteiger partial charge in [-0.15, -0.1) is 17.5 Å². The van der Waals surface area contributed by atoms with E-state index in [4.69, 9.17) is 4.42 Å². The van der Waals surface area contributed by atoms with Crippen LogP contribution >= 0.6 is 12.4 Å². The highest BCUT2D eigenvalue weighted by Crippen LogP contribution is 2.23. The topological polar surface area (TPSA) is 71.2 Å². The molecule has 0 aliphatic rings. The molecular weight excluding hydrogens is 266 g/mol. The van der Waals surface area contributed by atoms with Crippen LogP contribution in [-0.4, -0.2) is 15.3 Å². The first-order chi connectivity index (χ1) is 8.62. The lowest BCUT2D eigenvalue weighted by Crippen LogP contribution is -2.19. The van der Waals surface area contributed by atoms with Gasteiger partial charge in [0, 0.05) is 6.54 Å². The molecule has 0 aliphatic heterocycles. The zero-order chi connectivity index (χ0) is 13.0. The third-order valence-electron chi connectivity index (χ3n) is 2.86. The minimum Gasteiger partial charge on any atom is -0.405 e. The molecule has 0 fully saturated rings. The van der Waals surface area contributed by atoms with Crippen molar-refractivity contribution in [2.45, 2.75) is 32.4 Å². The van der Waals surface area contributed by atoms with Crippen molar-refractivity contribution in [2.75, 3.05) is 5.32 Å². The van der Waals surface area contributed by atoms with Crippen LogP contribution in [0.25, 0.3) is 0 Å². The number of anilines is 1. The molecule has 2 N–H and O–H groups in total. The SMILES string of the molecule is CCC(C)(O)c1nnc(NCc2ccccc2)o1.Cl. The Morgan fingerprint density at radius 1 is 1.26 bits per heavy atom. The third-order valence-corrected chi connectivity index (χ3v) is 2.86. The number of aliphatic hydroxyl groups is 1. The molecule has 1 unspecified atom stereocenters. The van der Waals surface area contributed by atoms with Gasteiger partial charge < -0.3 is 14.8 Å². The Hall–Kier alpha value is -1.59. The minimum atomic E-state index is -1.07. The number of hydrogen-bond donors (Lipinski definition) is 2. The summed E-state index contributed by atoms with van der Waals surface area (Å²) in [6, 6.07) is 10.2. The van der Waals surface area contributed by atoms with Gasteiger partial charge in [-0.2, -0.15) is 0 Å². The van der Waals surface area contributed by atoms with Crippen LogP contribution in [0, 0.1) is 0 Å². The molecule has 0 bridgehead atoms. The van der Waals surface area contributed by atoms with Gasteiger partial charge in [0.05, 0.1) is 0 Å². The number of nitrogens with one attached hydrogen (secondary N) is 1. The first-order valence-corrected chi connectivity index (χ1v) is 5.96. The normalized spacial score (nSPS) is 13.4. The molecule has 1 heterocycles. The molecule has 6 heteroatoms. The molecular formula is C13H18ClN3O2. The van der Waals surface area contributed by atoms with Crippen LogP contribution in [0.4, 0.5) is 6.01 Å². The molecule has 19 heavy (non-hydrogen) atoms. The summed E-state index contributed by atoms with van der Waals surface area (Å²) in [6.45, 7) is 4.12. The van der Waals surface area contributed by atoms with Crippen molar-refractivity contribution in [2.24, 2.45) is 0 Å². The average molecular weight is 284 g/mol. The van der Waals surface area contributed by atoms with E-state index in [0.717, 1.165) is 5.56 Å².